The number of carboxylic acid groups (broad SMARTS) is 1. The van der Waals surface area contributed by atoms with Crippen molar-refractivity contribution in [2.24, 2.45) is 11.8 Å². The number of carbonyl (C=O) groups excluding carboxylic acids is 2. The summed E-state index contributed by atoms with van der Waals surface area (Å²) in [7, 11) is 0. The van der Waals surface area contributed by atoms with E-state index in [0.29, 0.717) is 18.1 Å². The van der Waals surface area contributed by atoms with E-state index in [2.05, 4.69) is 0 Å². The van der Waals surface area contributed by atoms with E-state index in [9.17, 15) is 14.4 Å². The molecule has 0 spiro atoms. The van der Waals surface area contributed by atoms with Gasteiger partial charge in [-0.05, 0) is 44.9 Å². The lowest BCUT2D eigenvalue weighted by Crippen LogP contribution is -2.15. The molecule has 0 saturated heterocycles. The third-order valence-corrected chi connectivity index (χ3v) is 5.25. The van der Waals surface area contributed by atoms with Crippen LogP contribution in [-0.4, -0.2) is 22.6 Å². The van der Waals surface area contributed by atoms with E-state index in [1.165, 1.54) is 12.8 Å². The highest BCUT2D eigenvalue weighted by Crippen LogP contribution is 2.36. The molecular weight excluding hydrogens is 304 g/mol. The fourth-order valence-electron chi connectivity index (χ4n) is 3.85. The van der Waals surface area contributed by atoms with E-state index in [1.54, 1.807) is 6.92 Å². The summed E-state index contributed by atoms with van der Waals surface area (Å²) < 4.78 is 0. The number of hydrogen-bond donors (Lipinski definition) is 1. The number of aliphatic carboxylic acids is 1. The Bertz CT molecular complexity index is 402. The van der Waals surface area contributed by atoms with Gasteiger partial charge < -0.3 is 9.90 Å². The van der Waals surface area contributed by atoms with Crippen molar-refractivity contribution in [3.05, 3.63) is 0 Å². The molecule has 0 radical (unpaired) electrons. The monoisotopic (exact) mass is 338 g/mol. The van der Waals surface area contributed by atoms with Gasteiger partial charge in [-0.1, -0.05) is 38.5 Å². The largest absolute Gasteiger partial charge is 0.481 e. The van der Waals surface area contributed by atoms with Gasteiger partial charge in [-0.15, -0.1) is 0 Å². The predicted octanol–water partition coefficient (Wildman–Crippen LogP) is 4.94. The number of carbonyl (C=O) groups is 3. The quantitative estimate of drug-likeness (QED) is 0.455. The third kappa shape index (κ3) is 9.19. The molecule has 2 atom stereocenters. The van der Waals surface area contributed by atoms with E-state index in [1.807, 2.05) is 0 Å². The molecule has 1 N–H and O–H groups in total. The minimum Gasteiger partial charge on any atom is -0.481 e. The van der Waals surface area contributed by atoms with Gasteiger partial charge in [-0.2, -0.15) is 0 Å². The number of unbranched alkanes of at least 4 members (excludes halogenated alkanes) is 6. The second-order valence-corrected chi connectivity index (χ2v) is 7.37. The van der Waals surface area contributed by atoms with Gasteiger partial charge in [0.15, 0.2) is 0 Å². The molecule has 1 fully saturated rings. The Morgan fingerprint density at radius 2 is 1.50 bits per heavy atom. The molecule has 1 aliphatic rings. The molecule has 4 heteroatoms. The summed E-state index contributed by atoms with van der Waals surface area (Å²) in [5.41, 5.74) is 0. The molecule has 0 aromatic heterocycles. The molecule has 1 rings (SSSR count). The molecule has 0 amide bonds. The Morgan fingerprint density at radius 1 is 0.917 bits per heavy atom. The second-order valence-electron chi connectivity index (χ2n) is 7.37. The van der Waals surface area contributed by atoms with Crippen molar-refractivity contribution in [2.45, 2.75) is 96.8 Å². The molecule has 138 valence electrons. The van der Waals surface area contributed by atoms with Crippen molar-refractivity contribution < 1.29 is 19.5 Å². The predicted molar refractivity (Wildman–Crippen MR) is 94.9 cm³/mol. The minimum absolute atomic E-state index is 0.252. The average Bonchev–Trinajstić information content (AvgIpc) is 2.86. The summed E-state index contributed by atoms with van der Waals surface area (Å²) in [5.74, 6) is 0.817. The van der Waals surface area contributed by atoms with E-state index >= 15 is 0 Å². The number of carboxylic acids is 1. The highest BCUT2D eigenvalue weighted by Gasteiger charge is 2.33. The van der Waals surface area contributed by atoms with E-state index in [-0.39, 0.29) is 18.1 Å². The fourth-order valence-corrected chi connectivity index (χ4v) is 3.85. The first-order valence-electron chi connectivity index (χ1n) is 9.74. The van der Waals surface area contributed by atoms with Crippen LogP contribution in [0.2, 0.25) is 0 Å². The molecule has 4 nitrogen and oxygen atoms in total. The van der Waals surface area contributed by atoms with Crippen molar-refractivity contribution in [1.82, 2.24) is 0 Å². The van der Waals surface area contributed by atoms with Gasteiger partial charge in [0.05, 0.1) is 0 Å². The second kappa shape index (κ2) is 12.2. The van der Waals surface area contributed by atoms with Crippen LogP contribution < -0.4 is 0 Å². The van der Waals surface area contributed by atoms with Crippen LogP contribution in [0.3, 0.4) is 0 Å². The lowest BCUT2D eigenvalue weighted by atomic mass is 9.86. The zero-order valence-corrected chi connectivity index (χ0v) is 15.2. The summed E-state index contributed by atoms with van der Waals surface area (Å²) in [6, 6.07) is 0. The molecule has 1 aliphatic carbocycles. The standard InChI is InChI=1S/C20H34O4/c1-16(21)10-6-2-3-7-11-17-14-15-19(22)18(17)12-8-4-5-9-13-20(23)24/h17-18H,2-15H2,1H3,(H,23,24)/t17-,18+/m0/s1. The van der Waals surface area contributed by atoms with Crippen molar-refractivity contribution >= 4 is 17.5 Å². The Balaban J connectivity index is 2.12. The van der Waals surface area contributed by atoms with Gasteiger partial charge in [0.1, 0.15) is 11.6 Å². The lowest BCUT2D eigenvalue weighted by molar-refractivity contribution is -0.137. The Kier molecular flexibility index (Phi) is 10.6. The summed E-state index contributed by atoms with van der Waals surface area (Å²) >= 11 is 0. The van der Waals surface area contributed by atoms with Crippen LogP contribution >= 0.6 is 0 Å². The van der Waals surface area contributed by atoms with E-state index in [0.717, 1.165) is 64.2 Å². The summed E-state index contributed by atoms with van der Waals surface area (Å²) in [6.45, 7) is 1.65. The maximum atomic E-state index is 12.1. The maximum absolute atomic E-state index is 12.1. The fraction of sp³-hybridized carbons (Fsp3) is 0.850. The van der Waals surface area contributed by atoms with Crippen LogP contribution in [0, 0.1) is 11.8 Å². The Hall–Kier alpha value is -1.19. The van der Waals surface area contributed by atoms with Gasteiger partial charge in [0, 0.05) is 25.2 Å². The first-order chi connectivity index (χ1) is 11.5. The van der Waals surface area contributed by atoms with Gasteiger partial charge in [-0.3, -0.25) is 9.59 Å². The molecule has 0 heterocycles. The summed E-state index contributed by atoms with van der Waals surface area (Å²) in [4.78, 5) is 33.5. The number of rotatable bonds is 14. The molecule has 0 unspecified atom stereocenters. The molecule has 1 saturated carbocycles. The first-order valence-corrected chi connectivity index (χ1v) is 9.74. The highest BCUT2D eigenvalue weighted by molar-refractivity contribution is 5.83. The van der Waals surface area contributed by atoms with Gasteiger partial charge in [0.2, 0.25) is 0 Å². The van der Waals surface area contributed by atoms with Crippen LogP contribution in [0.25, 0.3) is 0 Å². The van der Waals surface area contributed by atoms with Crippen LogP contribution in [0.15, 0.2) is 0 Å². The van der Waals surface area contributed by atoms with Crippen LogP contribution in [0.5, 0.6) is 0 Å². The van der Waals surface area contributed by atoms with Crippen LogP contribution in [0.4, 0.5) is 0 Å². The smallest absolute Gasteiger partial charge is 0.303 e. The van der Waals surface area contributed by atoms with Crippen molar-refractivity contribution in [3.8, 4) is 0 Å². The van der Waals surface area contributed by atoms with Crippen molar-refractivity contribution in [1.29, 1.82) is 0 Å². The molecule has 0 aromatic carbocycles. The number of ketones is 2. The number of Topliss-reactive ketones (excluding diaryl/α,β-unsaturated/α-hetero) is 2. The molecular formula is C20H34O4. The van der Waals surface area contributed by atoms with E-state index < -0.39 is 5.97 Å². The number of hydrogen-bond acceptors (Lipinski definition) is 3. The lowest BCUT2D eigenvalue weighted by Gasteiger charge is -2.18. The minimum atomic E-state index is -0.718. The molecule has 24 heavy (non-hydrogen) atoms. The van der Waals surface area contributed by atoms with Crippen molar-refractivity contribution in [2.75, 3.05) is 0 Å². The highest BCUT2D eigenvalue weighted by atomic mass is 16.4. The molecule has 0 aromatic rings. The normalized spacial score (nSPS) is 20.5. The SMILES string of the molecule is CC(=O)CCCCCC[C@H]1CCC(=O)[C@@H]1CCCCCCC(=O)O. The topological polar surface area (TPSA) is 71.4 Å². The van der Waals surface area contributed by atoms with Crippen molar-refractivity contribution in [3.63, 3.8) is 0 Å². The first kappa shape index (κ1) is 20.9. The third-order valence-electron chi connectivity index (χ3n) is 5.25. The zero-order valence-electron chi connectivity index (χ0n) is 15.2. The Morgan fingerprint density at radius 3 is 2.12 bits per heavy atom. The van der Waals surface area contributed by atoms with Crippen LogP contribution in [-0.2, 0) is 14.4 Å². The summed E-state index contributed by atoms with van der Waals surface area (Å²) in [6.07, 6.45) is 13.1. The van der Waals surface area contributed by atoms with Gasteiger partial charge in [0.25, 0.3) is 0 Å². The van der Waals surface area contributed by atoms with Gasteiger partial charge in [-0.25, -0.2) is 0 Å². The molecule has 0 aliphatic heterocycles. The summed E-state index contributed by atoms with van der Waals surface area (Å²) in [5, 5.41) is 8.61. The molecule has 0 bridgehead atoms. The van der Waals surface area contributed by atoms with E-state index in [4.69, 9.17) is 5.11 Å². The van der Waals surface area contributed by atoms with Crippen LogP contribution in [0.1, 0.15) is 96.8 Å². The van der Waals surface area contributed by atoms with Gasteiger partial charge >= 0.3 is 5.97 Å². The zero-order chi connectivity index (χ0) is 17.8. The maximum Gasteiger partial charge on any atom is 0.303 e. The Labute approximate surface area is 146 Å². The average molecular weight is 338 g/mol.